The average Bonchev–Trinajstić information content (AvgIpc) is 3.02. The molecule has 0 aliphatic carbocycles. The Hall–Kier alpha value is -3.25. The van der Waals surface area contributed by atoms with E-state index in [9.17, 15) is 19.1 Å². The first-order valence-corrected chi connectivity index (χ1v) is 9.03. The van der Waals surface area contributed by atoms with E-state index in [0.29, 0.717) is 32.6 Å². The molecule has 4 aromatic rings. The molecule has 4 nitrogen and oxygen atoms in total. The topological polar surface area (TPSA) is 59.3 Å². The van der Waals surface area contributed by atoms with Crippen LogP contribution in [0.25, 0.3) is 27.0 Å². The van der Waals surface area contributed by atoms with Gasteiger partial charge in [0.1, 0.15) is 15.5 Å². The second-order valence-electron chi connectivity index (χ2n) is 6.13. The molecule has 0 fully saturated rings. The van der Waals surface area contributed by atoms with Crippen LogP contribution in [0, 0.1) is 12.7 Å². The van der Waals surface area contributed by atoms with E-state index < -0.39 is 5.97 Å². The number of pyridine rings is 1. The summed E-state index contributed by atoms with van der Waals surface area (Å²) in [6.45, 7) is 1.74. The summed E-state index contributed by atoms with van der Waals surface area (Å²) in [4.78, 5) is 25.1. The maximum atomic E-state index is 13.5. The van der Waals surface area contributed by atoms with Crippen LogP contribution in [0.4, 0.5) is 4.39 Å². The molecular weight excluding hydrogens is 365 g/mol. The van der Waals surface area contributed by atoms with E-state index in [-0.39, 0.29) is 16.3 Å². The number of aryl methyl sites for hydroxylation is 1. The molecule has 0 aliphatic rings. The van der Waals surface area contributed by atoms with Crippen molar-refractivity contribution < 1.29 is 14.3 Å². The minimum atomic E-state index is -1.08. The Kier molecular flexibility index (Phi) is 4.12. The number of halogens is 1. The van der Waals surface area contributed by atoms with Gasteiger partial charge in [-0.3, -0.25) is 9.36 Å². The zero-order chi connectivity index (χ0) is 19.1. The van der Waals surface area contributed by atoms with Crippen molar-refractivity contribution in [2.75, 3.05) is 0 Å². The van der Waals surface area contributed by atoms with E-state index in [0.717, 1.165) is 11.3 Å². The highest BCUT2D eigenvalue weighted by molar-refractivity contribution is 7.21. The van der Waals surface area contributed by atoms with Crippen molar-refractivity contribution in [1.82, 2.24) is 4.57 Å². The van der Waals surface area contributed by atoms with E-state index in [2.05, 4.69) is 0 Å². The molecule has 0 unspecified atom stereocenters. The molecule has 2 aromatic heterocycles. The van der Waals surface area contributed by atoms with Crippen LogP contribution in [0.1, 0.15) is 15.2 Å². The first-order valence-electron chi connectivity index (χ1n) is 8.21. The zero-order valence-corrected chi connectivity index (χ0v) is 15.1. The summed E-state index contributed by atoms with van der Waals surface area (Å²) in [5.74, 6) is -1.46. The smallest absolute Gasteiger partial charge is 0.346 e. The van der Waals surface area contributed by atoms with Gasteiger partial charge in [0, 0.05) is 17.0 Å². The van der Waals surface area contributed by atoms with Gasteiger partial charge in [-0.1, -0.05) is 24.3 Å². The first-order chi connectivity index (χ1) is 13.0. The molecule has 0 radical (unpaired) electrons. The number of para-hydroxylation sites is 1. The Morgan fingerprint density at radius 3 is 2.48 bits per heavy atom. The monoisotopic (exact) mass is 379 g/mol. The lowest BCUT2D eigenvalue weighted by Gasteiger charge is -2.09. The number of hydrogen-bond acceptors (Lipinski definition) is 3. The Morgan fingerprint density at radius 1 is 1.07 bits per heavy atom. The number of hydrogen-bond donors (Lipinski definition) is 1. The normalized spacial score (nSPS) is 11.0. The third-order valence-electron chi connectivity index (χ3n) is 4.41. The Labute approximate surface area is 157 Å². The fourth-order valence-electron chi connectivity index (χ4n) is 3.23. The van der Waals surface area contributed by atoms with Gasteiger partial charge in [-0.25, -0.2) is 9.18 Å². The standard InChI is InChI=1S/C21H14FNO3S/c1-12-11-13(22)7-8-15(12)18-16-9-10-17(24)23(14-5-3-2-4-6-14)20(16)27-19(18)21(25)26/h2-11H,1H3,(H,25,26). The van der Waals surface area contributed by atoms with Crippen LogP contribution in [0.5, 0.6) is 0 Å². The van der Waals surface area contributed by atoms with Crippen molar-refractivity contribution in [1.29, 1.82) is 0 Å². The predicted molar refractivity (Wildman–Crippen MR) is 105 cm³/mol. The van der Waals surface area contributed by atoms with Crippen molar-refractivity contribution in [2.45, 2.75) is 6.92 Å². The van der Waals surface area contributed by atoms with Gasteiger partial charge in [0.05, 0.1) is 5.69 Å². The van der Waals surface area contributed by atoms with Crippen molar-refractivity contribution in [2.24, 2.45) is 0 Å². The molecule has 0 spiro atoms. The fourth-order valence-corrected chi connectivity index (χ4v) is 4.40. The van der Waals surface area contributed by atoms with Crippen LogP contribution < -0.4 is 5.56 Å². The van der Waals surface area contributed by atoms with Crippen LogP contribution >= 0.6 is 11.3 Å². The SMILES string of the molecule is Cc1cc(F)ccc1-c1c(C(=O)O)sc2c1ccc(=O)n2-c1ccccc1. The number of carboxylic acid groups (broad SMARTS) is 1. The van der Waals surface area contributed by atoms with Gasteiger partial charge >= 0.3 is 5.97 Å². The fraction of sp³-hybridized carbons (Fsp3) is 0.0476. The van der Waals surface area contributed by atoms with E-state index in [1.165, 1.54) is 22.8 Å². The quantitative estimate of drug-likeness (QED) is 0.553. The van der Waals surface area contributed by atoms with Crippen molar-refractivity contribution in [3.63, 3.8) is 0 Å². The second kappa shape index (κ2) is 6.48. The minimum absolute atomic E-state index is 0.120. The van der Waals surface area contributed by atoms with Crippen molar-refractivity contribution in [3.8, 4) is 16.8 Å². The Morgan fingerprint density at radius 2 is 1.81 bits per heavy atom. The van der Waals surface area contributed by atoms with Gasteiger partial charge in [0.25, 0.3) is 5.56 Å². The van der Waals surface area contributed by atoms with Gasteiger partial charge in [-0.15, -0.1) is 11.3 Å². The Bertz CT molecular complexity index is 1240. The molecule has 2 aromatic carbocycles. The number of thiophene rings is 1. The number of aromatic carboxylic acids is 1. The van der Waals surface area contributed by atoms with Crippen LogP contribution in [0.3, 0.4) is 0 Å². The third kappa shape index (κ3) is 2.84. The van der Waals surface area contributed by atoms with Crippen LogP contribution in [0.2, 0.25) is 0 Å². The summed E-state index contributed by atoms with van der Waals surface area (Å²) in [5, 5.41) is 10.4. The molecule has 2 heterocycles. The summed E-state index contributed by atoms with van der Waals surface area (Å²) in [7, 11) is 0. The van der Waals surface area contributed by atoms with Gasteiger partial charge in [0.15, 0.2) is 0 Å². The van der Waals surface area contributed by atoms with E-state index in [1.54, 1.807) is 31.2 Å². The van der Waals surface area contributed by atoms with Gasteiger partial charge in [-0.2, -0.15) is 0 Å². The number of carboxylic acids is 1. The van der Waals surface area contributed by atoms with E-state index in [1.807, 2.05) is 18.2 Å². The minimum Gasteiger partial charge on any atom is -0.477 e. The number of nitrogens with zero attached hydrogens (tertiary/aromatic N) is 1. The van der Waals surface area contributed by atoms with Crippen LogP contribution in [-0.2, 0) is 0 Å². The molecule has 0 amide bonds. The van der Waals surface area contributed by atoms with Crippen molar-refractivity contribution in [3.05, 3.63) is 87.3 Å². The molecule has 27 heavy (non-hydrogen) atoms. The second-order valence-corrected chi connectivity index (χ2v) is 7.13. The Balaban J connectivity index is 2.13. The van der Waals surface area contributed by atoms with E-state index >= 15 is 0 Å². The highest BCUT2D eigenvalue weighted by Crippen LogP contribution is 2.40. The molecular formula is C21H14FNO3S. The number of aromatic nitrogens is 1. The van der Waals surface area contributed by atoms with E-state index in [4.69, 9.17) is 0 Å². The lowest BCUT2D eigenvalue weighted by atomic mass is 9.98. The molecule has 134 valence electrons. The predicted octanol–water partition coefficient (Wildman–Crippen LogP) is 4.86. The first kappa shape index (κ1) is 17.2. The molecule has 0 aliphatic heterocycles. The largest absolute Gasteiger partial charge is 0.477 e. The number of carbonyl (C=O) groups is 1. The zero-order valence-electron chi connectivity index (χ0n) is 14.3. The molecule has 0 saturated heterocycles. The van der Waals surface area contributed by atoms with Gasteiger partial charge < -0.3 is 5.11 Å². The molecule has 0 atom stereocenters. The molecule has 1 N–H and O–H groups in total. The molecule has 0 bridgehead atoms. The molecule has 6 heteroatoms. The third-order valence-corrected chi connectivity index (χ3v) is 5.59. The summed E-state index contributed by atoms with van der Waals surface area (Å²) < 4.78 is 15.1. The lowest BCUT2D eigenvalue weighted by Crippen LogP contribution is -2.16. The molecule has 0 saturated carbocycles. The average molecular weight is 379 g/mol. The maximum absolute atomic E-state index is 13.5. The number of benzene rings is 2. The van der Waals surface area contributed by atoms with Crippen molar-refractivity contribution >= 4 is 27.5 Å². The van der Waals surface area contributed by atoms with Crippen LogP contribution in [-0.4, -0.2) is 15.6 Å². The lowest BCUT2D eigenvalue weighted by molar-refractivity contribution is 0.0703. The highest BCUT2D eigenvalue weighted by atomic mass is 32.1. The highest BCUT2D eigenvalue weighted by Gasteiger charge is 2.23. The summed E-state index contributed by atoms with van der Waals surface area (Å²) >= 11 is 1.05. The van der Waals surface area contributed by atoms with Gasteiger partial charge in [0.2, 0.25) is 0 Å². The number of fused-ring (bicyclic) bond motifs is 1. The molecule has 4 rings (SSSR count). The summed E-state index contributed by atoms with van der Waals surface area (Å²) in [5.41, 5.74) is 2.19. The summed E-state index contributed by atoms with van der Waals surface area (Å²) in [6.07, 6.45) is 0. The summed E-state index contributed by atoms with van der Waals surface area (Å²) in [6, 6.07) is 16.4. The maximum Gasteiger partial charge on any atom is 0.346 e. The van der Waals surface area contributed by atoms with Gasteiger partial charge in [-0.05, 0) is 48.4 Å². The number of rotatable bonds is 3. The van der Waals surface area contributed by atoms with Crippen LogP contribution in [0.15, 0.2) is 65.5 Å².